The molecule has 2 aromatic rings. The Balaban J connectivity index is 2.01. The normalized spacial score (nSPS) is 9.42. The van der Waals surface area contributed by atoms with Gasteiger partial charge in [0.1, 0.15) is 0 Å². The molecule has 0 aliphatic rings. The maximum absolute atomic E-state index is 11.7. The summed E-state index contributed by atoms with van der Waals surface area (Å²) >= 11 is 0. The first-order chi connectivity index (χ1) is 9.17. The Bertz CT molecular complexity index is 629. The third-order valence-corrected chi connectivity index (χ3v) is 2.42. The Kier molecular flexibility index (Phi) is 3.64. The van der Waals surface area contributed by atoms with Crippen molar-refractivity contribution >= 4 is 23.1 Å². The lowest BCUT2D eigenvalue weighted by Crippen LogP contribution is -2.19. The van der Waals surface area contributed by atoms with Gasteiger partial charge in [-0.1, -0.05) is 6.07 Å². The molecule has 0 heterocycles. The van der Waals surface area contributed by atoms with E-state index in [1.54, 1.807) is 48.5 Å². The zero-order valence-electron chi connectivity index (χ0n) is 10.1. The van der Waals surface area contributed by atoms with Gasteiger partial charge in [-0.2, -0.15) is 5.26 Å². The van der Waals surface area contributed by atoms with Gasteiger partial charge >= 0.3 is 6.03 Å². The van der Waals surface area contributed by atoms with E-state index in [1.807, 2.05) is 6.07 Å². The smallest absolute Gasteiger partial charge is 0.323 e. The Morgan fingerprint density at radius 2 is 1.74 bits per heavy atom. The number of nitriles is 1. The van der Waals surface area contributed by atoms with Crippen LogP contribution in [0.1, 0.15) is 5.56 Å². The van der Waals surface area contributed by atoms with Gasteiger partial charge in [-0.05, 0) is 42.5 Å². The number of carbonyl (C=O) groups excluding carboxylic acids is 1. The van der Waals surface area contributed by atoms with E-state index in [4.69, 9.17) is 11.0 Å². The first-order valence-electron chi connectivity index (χ1n) is 5.61. The molecule has 4 N–H and O–H groups in total. The second kappa shape index (κ2) is 5.56. The molecule has 0 unspecified atom stereocenters. The number of anilines is 3. The number of hydrogen-bond acceptors (Lipinski definition) is 3. The van der Waals surface area contributed by atoms with Crippen molar-refractivity contribution in [1.82, 2.24) is 0 Å². The van der Waals surface area contributed by atoms with Crippen molar-refractivity contribution in [3.8, 4) is 6.07 Å². The molecular weight excluding hydrogens is 240 g/mol. The maximum atomic E-state index is 11.7. The van der Waals surface area contributed by atoms with Crippen LogP contribution >= 0.6 is 0 Å². The lowest BCUT2D eigenvalue weighted by atomic mass is 10.2. The molecule has 0 saturated heterocycles. The summed E-state index contributed by atoms with van der Waals surface area (Å²) < 4.78 is 0. The SMILES string of the molecule is N#Cc1cccc(NC(=O)Nc2ccc(N)cc2)c1. The molecule has 5 nitrogen and oxygen atoms in total. The highest BCUT2D eigenvalue weighted by molar-refractivity contribution is 5.99. The largest absolute Gasteiger partial charge is 0.399 e. The van der Waals surface area contributed by atoms with Crippen LogP contribution in [-0.4, -0.2) is 6.03 Å². The molecule has 19 heavy (non-hydrogen) atoms. The van der Waals surface area contributed by atoms with Gasteiger partial charge in [0.05, 0.1) is 11.6 Å². The standard InChI is InChI=1S/C14H12N4O/c15-9-10-2-1-3-13(8-10)18-14(19)17-12-6-4-11(16)5-7-12/h1-8H,16H2,(H2,17,18,19). The van der Waals surface area contributed by atoms with Gasteiger partial charge < -0.3 is 16.4 Å². The predicted molar refractivity (Wildman–Crippen MR) is 74.7 cm³/mol. The average molecular weight is 252 g/mol. The summed E-state index contributed by atoms with van der Waals surface area (Å²) in [6.07, 6.45) is 0. The summed E-state index contributed by atoms with van der Waals surface area (Å²) in [6.45, 7) is 0. The van der Waals surface area contributed by atoms with Crippen molar-refractivity contribution in [2.24, 2.45) is 0 Å². The quantitative estimate of drug-likeness (QED) is 0.718. The summed E-state index contributed by atoms with van der Waals surface area (Å²) in [6, 6.07) is 15.1. The molecule has 0 atom stereocenters. The topological polar surface area (TPSA) is 90.9 Å². The van der Waals surface area contributed by atoms with Crippen LogP contribution in [0.25, 0.3) is 0 Å². The molecule has 0 fully saturated rings. The molecule has 0 spiro atoms. The van der Waals surface area contributed by atoms with E-state index in [9.17, 15) is 4.79 Å². The van der Waals surface area contributed by atoms with Gasteiger partial charge in [-0.15, -0.1) is 0 Å². The van der Waals surface area contributed by atoms with E-state index in [-0.39, 0.29) is 6.03 Å². The number of nitrogens with zero attached hydrogens (tertiary/aromatic N) is 1. The number of hydrogen-bond donors (Lipinski definition) is 3. The van der Waals surface area contributed by atoms with Gasteiger partial charge in [0.15, 0.2) is 0 Å². The van der Waals surface area contributed by atoms with E-state index in [0.717, 1.165) is 0 Å². The van der Waals surface area contributed by atoms with Crippen LogP contribution in [0.3, 0.4) is 0 Å². The lowest BCUT2D eigenvalue weighted by molar-refractivity contribution is 0.262. The minimum absolute atomic E-state index is 0.375. The Labute approximate surface area is 110 Å². The highest BCUT2D eigenvalue weighted by Gasteiger charge is 2.03. The summed E-state index contributed by atoms with van der Waals surface area (Å²) in [5.74, 6) is 0. The van der Waals surface area contributed by atoms with Crippen molar-refractivity contribution in [3.63, 3.8) is 0 Å². The number of nitrogens with two attached hydrogens (primary N) is 1. The van der Waals surface area contributed by atoms with Gasteiger partial charge in [0.2, 0.25) is 0 Å². The number of rotatable bonds is 2. The molecule has 0 bridgehead atoms. The first kappa shape index (κ1) is 12.5. The minimum Gasteiger partial charge on any atom is -0.399 e. The number of nitrogens with one attached hydrogen (secondary N) is 2. The molecule has 0 saturated carbocycles. The fourth-order valence-electron chi connectivity index (χ4n) is 1.53. The molecule has 0 aliphatic heterocycles. The molecule has 5 heteroatoms. The zero-order valence-corrected chi connectivity index (χ0v) is 10.1. The number of urea groups is 1. The van der Waals surface area contributed by atoms with Crippen LogP contribution < -0.4 is 16.4 Å². The van der Waals surface area contributed by atoms with Crippen molar-refractivity contribution in [2.75, 3.05) is 16.4 Å². The molecule has 94 valence electrons. The molecule has 2 aromatic carbocycles. The molecule has 0 radical (unpaired) electrons. The van der Waals surface area contributed by atoms with E-state index in [0.29, 0.717) is 22.6 Å². The molecule has 0 aliphatic carbocycles. The molecule has 0 aromatic heterocycles. The molecule has 2 amide bonds. The number of amides is 2. The van der Waals surface area contributed by atoms with Crippen molar-refractivity contribution < 1.29 is 4.79 Å². The van der Waals surface area contributed by atoms with Gasteiger partial charge in [-0.3, -0.25) is 0 Å². The minimum atomic E-state index is -0.375. The summed E-state index contributed by atoms with van der Waals surface area (Å²) in [4.78, 5) is 11.7. The first-order valence-corrected chi connectivity index (χ1v) is 5.61. The Hall–Kier alpha value is -3.00. The van der Waals surface area contributed by atoms with Crippen molar-refractivity contribution in [2.45, 2.75) is 0 Å². The Morgan fingerprint density at radius 3 is 2.42 bits per heavy atom. The summed E-state index contributed by atoms with van der Waals surface area (Å²) in [5, 5.41) is 14.1. The monoisotopic (exact) mass is 252 g/mol. The number of carbonyl (C=O) groups is 1. The molecule has 2 rings (SSSR count). The van der Waals surface area contributed by atoms with Crippen LogP contribution in [0.2, 0.25) is 0 Å². The van der Waals surface area contributed by atoms with Gasteiger partial charge in [0, 0.05) is 17.1 Å². The average Bonchev–Trinajstić information content (AvgIpc) is 2.41. The van der Waals surface area contributed by atoms with E-state index < -0.39 is 0 Å². The lowest BCUT2D eigenvalue weighted by Gasteiger charge is -2.07. The number of benzene rings is 2. The van der Waals surface area contributed by atoms with Crippen LogP contribution in [0, 0.1) is 11.3 Å². The summed E-state index contributed by atoms with van der Waals surface area (Å²) in [7, 11) is 0. The second-order valence-electron chi connectivity index (χ2n) is 3.89. The third kappa shape index (κ3) is 3.48. The second-order valence-corrected chi connectivity index (χ2v) is 3.89. The van der Waals surface area contributed by atoms with E-state index in [1.165, 1.54) is 0 Å². The Morgan fingerprint density at radius 1 is 1.05 bits per heavy atom. The summed E-state index contributed by atoms with van der Waals surface area (Å²) in [5.41, 5.74) is 7.88. The number of nitrogen functional groups attached to an aromatic ring is 1. The van der Waals surface area contributed by atoms with Crippen LogP contribution in [0.4, 0.5) is 21.9 Å². The van der Waals surface area contributed by atoms with E-state index >= 15 is 0 Å². The predicted octanol–water partition coefficient (Wildman–Crippen LogP) is 2.78. The highest BCUT2D eigenvalue weighted by atomic mass is 16.2. The van der Waals surface area contributed by atoms with Crippen LogP contribution in [0.5, 0.6) is 0 Å². The third-order valence-electron chi connectivity index (χ3n) is 2.42. The maximum Gasteiger partial charge on any atom is 0.323 e. The molecular formula is C14H12N4O. The van der Waals surface area contributed by atoms with Crippen LogP contribution in [-0.2, 0) is 0 Å². The van der Waals surface area contributed by atoms with Gasteiger partial charge in [-0.25, -0.2) is 4.79 Å². The fraction of sp³-hybridized carbons (Fsp3) is 0. The highest BCUT2D eigenvalue weighted by Crippen LogP contribution is 2.13. The van der Waals surface area contributed by atoms with Gasteiger partial charge in [0.25, 0.3) is 0 Å². The van der Waals surface area contributed by atoms with E-state index in [2.05, 4.69) is 10.6 Å². The van der Waals surface area contributed by atoms with Crippen molar-refractivity contribution in [1.29, 1.82) is 5.26 Å². The van der Waals surface area contributed by atoms with Crippen LogP contribution in [0.15, 0.2) is 48.5 Å². The fourth-order valence-corrected chi connectivity index (χ4v) is 1.53. The van der Waals surface area contributed by atoms with Crippen molar-refractivity contribution in [3.05, 3.63) is 54.1 Å². The zero-order chi connectivity index (χ0) is 13.7.